The molecule has 0 N–H and O–H groups in total. The lowest BCUT2D eigenvalue weighted by atomic mass is 9.78. The Morgan fingerprint density at radius 3 is 2.64 bits per heavy atom. The zero-order chi connectivity index (χ0) is 15.5. The minimum Gasteiger partial charge on any atom is -0.377 e. The molecule has 2 nitrogen and oxygen atoms in total. The van der Waals surface area contributed by atoms with Gasteiger partial charge in [0.2, 0.25) is 0 Å². The summed E-state index contributed by atoms with van der Waals surface area (Å²) in [6.07, 6.45) is 8.22. The van der Waals surface area contributed by atoms with Crippen LogP contribution in [0.15, 0.2) is 36.0 Å². The highest BCUT2D eigenvalue weighted by molar-refractivity contribution is 5.92. The van der Waals surface area contributed by atoms with Crippen molar-refractivity contribution in [2.45, 2.75) is 44.4 Å². The Balaban J connectivity index is 1.59. The van der Waals surface area contributed by atoms with Crippen LogP contribution in [0.3, 0.4) is 0 Å². The van der Waals surface area contributed by atoms with Gasteiger partial charge in [-0.25, -0.2) is 4.39 Å². The predicted octanol–water partition coefficient (Wildman–Crippen LogP) is 4.28. The predicted molar refractivity (Wildman–Crippen MR) is 86.1 cm³/mol. The zero-order valence-electron chi connectivity index (χ0n) is 13.2. The van der Waals surface area contributed by atoms with Gasteiger partial charge in [0.25, 0.3) is 0 Å². The number of benzene rings is 1. The first kappa shape index (κ1) is 15.3. The van der Waals surface area contributed by atoms with Crippen LogP contribution in [0.5, 0.6) is 0 Å². The lowest BCUT2D eigenvalue weighted by Gasteiger charge is -2.33. The van der Waals surface area contributed by atoms with E-state index in [2.05, 4.69) is 11.9 Å². The van der Waals surface area contributed by atoms with Crippen molar-refractivity contribution in [3.63, 3.8) is 0 Å². The van der Waals surface area contributed by atoms with E-state index in [1.165, 1.54) is 30.5 Å². The van der Waals surface area contributed by atoms with Crippen molar-refractivity contribution in [1.82, 2.24) is 4.90 Å². The molecule has 0 bridgehead atoms. The molecule has 3 heteroatoms. The average molecular weight is 301 g/mol. The molecule has 22 heavy (non-hydrogen) atoms. The quantitative estimate of drug-likeness (QED) is 0.827. The van der Waals surface area contributed by atoms with Crippen LogP contribution in [-0.2, 0) is 4.79 Å². The highest BCUT2D eigenvalue weighted by Gasteiger charge is 2.25. The van der Waals surface area contributed by atoms with Gasteiger partial charge in [0.1, 0.15) is 5.82 Å². The van der Waals surface area contributed by atoms with Crippen LogP contribution in [-0.4, -0.2) is 24.3 Å². The number of carbonyl (C=O) groups excluding carboxylic acids is 1. The van der Waals surface area contributed by atoms with Gasteiger partial charge in [0.15, 0.2) is 5.78 Å². The number of ketones is 1. The molecule has 1 saturated carbocycles. The Morgan fingerprint density at radius 1 is 1.18 bits per heavy atom. The van der Waals surface area contributed by atoms with Gasteiger partial charge >= 0.3 is 0 Å². The normalized spacial score (nSPS) is 25.2. The van der Waals surface area contributed by atoms with Crippen molar-refractivity contribution in [1.29, 1.82) is 0 Å². The summed E-state index contributed by atoms with van der Waals surface area (Å²) in [5.74, 6) is 1.31. The molecule has 1 aromatic rings. The Bertz CT molecular complexity index is 563. The fourth-order valence-corrected chi connectivity index (χ4v) is 3.88. The van der Waals surface area contributed by atoms with E-state index in [1.54, 1.807) is 18.2 Å². The Kier molecular flexibility index (Phi) is 4.60. The van der Waals surface area contributed by atoms with Crippen LogP contribution >= 0.6 is 0 Å². The number of nitrogens with zero attached hydrogens (tertiary/aromatic N) is 1. The summed E-state index contributed by atoms with van der Waals surface area (Å²) in [6, 6.07) is 7.01. The number of hydrogen-bond acceptors (Lipinski definition) is 2. The van der Waals surface area contributed by atoms with E-state index in [-0.39, 0.29) is 11.6 Å². The smallest absolute Gasteiger partial charge is 0.157 e. The Labute approximate surface area is 132 Å². The molecule has 0 spiro atoms. The lowest BCUT2D eigenvalue weighted by Crippen LogP contribution is -2.28. The number of carbonyl (C=O) groups is 1. The molecular formula is C19H24FNO. The molecule has 2 aliphatic rings. The molecule has 0 saturated heterocycles. The highest BCUT2D eigenvalue weighted by Crippen LogP contribution is 2.37. The molecule has 2 aliphatic carbocycles. The highest BCUT2D eigenvalue weighted by atomic mass is 19.1. The summed E-state index contributed by atoms with van der Waals surface area (Å²) in [7, 11) is 2.10. The maximum Gasteiger partial charge on any atom is 0.157 e. The minimum absolute atomic E-state index is 0.159. The number of rotatable bonds is 4. The maximum absolute atomic E-state index is 13.1. The summed E-state index contributed by atoms with van der Waals surface area (Å²) in [6.45, 7) is 1.02. The zero-order valence-corrected chi connectivity index (χ0v) is 13.2. The Morgan fingerprint density at radius 2 is 1.95 bits per heavy atom. The molecule has 1 fully saturated rings. The fraction of sp³-hybridized carbons (Fsp3) is 0.526. The largest absolute Gasteiger partial charge is 0.377 e. The van der Waals surface area contributed by atoms with E-state index in [9.17, 15) is 9.18 Å². The van der Waals surface area contributed by atoms with Crippen LogP contribution in [0.4, 0.5) is 4.39 Å². The average Bonchev–Trinajstić information content (AvgIpc) is 2.95. The van der Waals surface area contributed by atoms with Gasteiger partial charge in [-0.2, -0.15) is 0 Å². The van der Waals surface area contributed by atoms with Gasteiger partial charge in [-0.15, -0.1) is 0 Å². The molecular weight excluding hydrogens is 277 g/mol. The third-order valence-electron chi connectivity index (χ3n) is 5.10. The third-order valence-corrected chi connectivity index (χ3v) is 5.10. The van der Waals surface area contributed by atoms with E-state index in [1.807, 2.05) is 12.1 Å². The number of hydrogen-bond donors (Lipinski definition) is 0. The van der Waals surface area contributed by atoms with E-state index in [4.69, 9.17) is 0 Å². The summed E-state index contributed by atoms with van der Waals surface area (Å²) in [5.41, 5.74) is 2.46. The van der Waals surface area contributed by atoms with E-state index >= 15 is 0 Å². The summed E-state index contributed by atoms with van der Waals surface area (Å²) >= 11 is 0. The topological polar surface area (TPSA) is 20.3 Å². The van der Waals surface area contributed by atoms with Crippen molar-refractivity contribution in [3.05, 3.63) is 47.4 Å². The summed E-state index contributed by atoms with van der Waals surface area (Å²) in [5, 5.41) is 0. The molecule has 0 heterocycles. The first-order valence-corrected chi connectivity index (χ1v) is 8.32. The summed E-state index contributed by atoms with van der Waals surface area (Å²) in [4.78, 5) is 13.6. The molecule has 0 aliphatic heterocycles. The van der Waals surface area contributed by atoms with Gasteiger partial charge in [-0.05, 0) is 55.2 Å². The molecule has 0 aromatic heterocycles. The van der Waals surface area contributed by atoms with Crippen molar-refractivity contribution in [2.75, 3.05) is 13.6 Å². The molecule has 118 valence electrons. The van der Waals surface area contributed by atoms with Gasteiger partial charge in [-0.1, -0.05) is 18.6 Å². The van der Waals surface area contributed by atoms with Gasteiger partial charge in [0.05, 0.1) is 0 Å². The lowest BCUT2D eigenvalue weighted by molar-refractivity contribution is -0.114. The minimum atomic E-state index is -0.159. The van der Waals surface area contributed by atoms with E-state index < -0.39 is 0 Å². The molecule has 1 unspecified atom stereocenters. The number of allylic oxidation sites excluding steroid dienone is 2. The van der Waals surface area contributed by atoms with Crippen LogP contribution in [0.2, 0.25) is 0 Å². The van der Waals surface area contributed by atoms with E-state index in [0.29, 0.717) is 18.3 Å². The first-order chi connectivity index (χ1) is 10.6. The SMILES string of the molecule is CN(CC1CCC[C@@H](c2ccc(F)cc2)C1)C1=CC(=O)CC1. The van der Waals surface area contributed by atoms with Gasteiger partial charge in [-0.3, -0.25) is 4.79 Å². The second kappa shape index (κ2) is 6.64. The second-order valence-corrected chi connectivity index (χ2v) is 6.76. The first-order valence-electron chi connectivity index (χ1n) is 8.32. The third kappa shape index (κ3) is 3.57. The van der Waals surface area contributed by atoms with Crippen molar-refractivity contribution in [3.8, 4) is 0 Å². The maximum atomic E-state index is 13.1. The molecule has 1 aromatic carbocycles. The van der Waals surface area contributed by atoms with Crippen LogP contribution in [0, 0.1) is 11.7 Å². The molecule has 0 radical (unpaired) electrons. The van der Waals surface area contributed by atoms with Crippen molar-refractivity contribution in [2.24, 2.45) is 5.92 Å². The molecule has 2 atom stereocenters. The van der Waals surface area contributed by atoms with Gasteiger partial charge in [0, 0.05) is 31.8 Å². The second-order valence-electron chi connectivity index (χ2n) is 6.76. The molecule has 3 rings (SSSR count). The fourth-order valence-electron chi connectivity index (χ4n) is 3.88. The van der Waals surface area contributed by atoms with Crippen LogP contribution in [0.25, 0.3) is 0 Å². The van der Waals surface area contributed by atoms with Crippen LogP contribution in [0.1, 0.15) is 50.0 Å². The number of halogens is 1. The van der Waals surface area contributed by atoms with Crippen molar-refractivity contribution >= 4 is 5.78 Å². The standard InChI is InChI=1S/C19H24FNO/c1-21(18-9-10-19(22)12-18)13-14-3-2-4-16(11-14)15-5-7-17(20)8-6-15/h5-8,12,14,16H,2-4,9-11,13H2,1H3/t14?,16-/m1/s1. The van der Waals surface area contributed by atoms with E-state index in [0.717, 1.165) is 19.4 Å². The van der Waals surface area contributed by atoms with Crippen molar-refractivity contribution < 1.29 is 9.18 Å². The van der Waals surface area contributed by atoms with Crippen LogP contribution < -0.4 is 0 Å². The summed E-state index contributed by atoms with van der Waals surface area (Å²) < 4.78 is 13.1. The Hall–Kier alpha value is -1.64. The monoisotopic (exact) mass is 301 g/mol. The molecule has 0 amide bonds. The van der Waals surface area contributed by atoms with Gasteiger partial charge < -0.3 is 4.90 Å².